The van der Waals surface area contributed by atoms with E-state index in [0.29, 0.717) is 11.3 Å². The van der Waals surface area contributed by atoms with Crippen molar-refractivity contribution in [1.82, 2.24) is 10.2 Å². The molecular formula is C15H18N2O3. The van der Waals surface area contributed by atoms with Gasteiger partial charge in [0.15, 0.2) is 5.78 Å². The molecule has 0 aliphatic carbocycles. The van der Waals surface area contributed by atoms with Crippen LogP contribution in [0.25, 0.3) is 0 Å². The van der Waals surface area contributed by atoms with Crippen molar-refractivity contribution in [3.63, 3.8) is 0 Å². The summed E-state index contributed by atoms with van der Waals surface area (Å²) in [6, 6.07) is 6.70. The number of carbonyl (C=O) groups is 2. The monoisotopic (exact) mass is 274 g/mol. The summed E-state index contributed by atoms with van der Waals surface area (Å²) >= 11 is 0. The molecule has 1 aliphatic rings. The molecule has 0 fully saturated rings. The third-order valence-corrected chi connectivity index (χ3v) is 3.58. The van der Waals surface area contributed by atoms with Crippen molar-refractivity contribution in [1.29, 1.82) is 0 Å². The van der Waals surface area contributed by atoms with E-state index in [4.69, 9.17) is 4.74 Å². The van der Waals surface area contributed by atoms with Gasteiger partial charge in [0.25, 0.3) is 0 Å². The third-order valence-electron chi connectivity index (χ3n) is 3.58. The fourth-order valence-corrected chi connectivity index (χ4v) is 2.34. The van der Waals surface area contributed by atoms with Gasteiger partial charge < -0.3 is 15.0 Å². The van der Waals surface area contributed by atoms with Crippen molar-refractivity contribution in [2.45, 2.75) is 19.9 Å². The summed E-state index contributed by atoms with van der Waals surface area (Å²) in [5.74, 6) is 0.688. The second-order valence-electron chi connectivity index (χ2n) is 4.77. The van der Waals surface area contributed by atoms with E-state index in [9.17, 15) is 9.59 Å². The van der Waals surface area contributed by atoms with E-state index in [1.54, 1.807) is 21.1 Å². The molecule has 1 aromatic rings. The molecule has 5 nitrogen and oxygen atoms in total. The van der Waals surface area contributed by atoms with Crippen LogP contribution in [0.2, 0.25) is 0 Å². The van der Waals surface area contributed by atoms with Crippen molar-refractivity contribution in [2.75, 3.05) is 14.2 Å². The number of Topliss-reactive ketones (excluding diaryl/α,β-unsaturated/α-hetero) is 1. The third kappa shape index (κ3) is 2.39. The molecule has 2 amide bonds. The molecule has 1 aromatic carbocycles. The largest absolute Gasteiger partial charge is 0.497 e. The predicted molar refractivity (Wildman–Crippen MR) is 75.4 cm³/mol. The minimum atomic E-state index is -0.415. The van der Waals surface area contributed by atoms with Gasteiger partial charge in [-0.15, -0.1) is 0 Å². The number of amides is 2. The highest BCUT2D eigenvalue weighted by Crippen LogP contribution is 2.30. The first-order valence-corrected chi connectivity index (χ1v) is 6.35. The lowest BCUT2D eigenvalue weighted by Crippen LogP contribution is -2.45. The van der Waals surface area contributed by atoms with E-state index in [-0.39, 0.29) is 11.8 Å². The number of nitrogens with zero attached hydrogens (tertiary/aromatic N) is 1. The maximum atomic E-state index is 11.9. The van der Waals surface area contributed by atoms with Crippen LogP contribution >= 0.6 is 0 Å². The van der Waals surface area contributed by atoms with Gasteiger partial charge in [-0.25, -0.2) is 4.79 Å². The Balaban J connectivity index is 2.47. The van der Waals surface area contributed by atoms with Gasteiger partial charge in [0, 0.05) is 18.3 Å². The Morgan fingerprint density at radius 1 is 1.30 bits per heavy atom. The summed E-state index contributed by atoms with van der Waals surface area (Å²) in [7, 11) is 3.25. The first kappa shape index (κ1) is 14.1. The number of allylic oxidation sites excluding steroid dienone is 1. The first-order chi connectivity index (χ1) is 9.45. The smallest absolute Gasteiger partial charge is 0.322 e. The van der Waals surface area contributed by atoms with E-state index in [0.717, 1.165) is 11.3 Å². The van der Waals surface area contributed by atoms with Crippen LogP contribution in [0, 0.1) is 0 Å². The van der Waals surface area contributed by atoms with Crippen LogP contribution in [0.5, 0.6) is 5.75 Å². The molecule has 0 radical (unpaired) electrons. The highest BCUT2D eigenvalue weighted by Gasteiger charge is 2.32. The molecule has 0 saturated heterocycles. The van der Waals surface area contributed by atoms with Gasteiger partial charge in [-0.05, 0) is 31.5 Å². The number of urea groups is 1. The summed E-state index contributed by atoms with van der Waals surface area (Å²) in [6.07, 6.45) is 0. The van der Waals surface area contributed by atoms with Crippen LogP contribution < -0.4 is 10.1 Å². The quantitative estimate of drug-likeness (QED) is 0.919. The number of benzene rings is 1. The number of hydrogen-bond acceptors (Lipinski definition) is 3. The van der Waals surface area contributed by atoms with Gasteiger partial charge in [0.2, 0.25) is 0 Å². The summed E-state index contributed by atoms with van der Waals surface area (Å²) in [4.78, 5) is 25.3. The molecule has 1 heterocycles. The van der Waals surface area contributed by atoms with E-state index in [1.165, 1.54) is 11.8 Å². The number of rotatable bonds is 3. The lowest BCUT2D eigenvalue weighted by atomic mass is 9.92. The maximum absolute atomic E-state index is 11.9. The molecular weight excluding hydrogens is 256 g/mol. The van der Waals surface area contributed by atoms with Crippen molar-refractivity contribution in [2.24, 2.45) is 0 Å². The van der Waals surface area contributed by atoms with Crippen LogP contribution in [-0.2, 0) is 4.79 Å². The molecule has 2 rings (SSSR count). The maximum Gasteiger partial charge on any atom is 0.322 e. The number of carbonyl (C=O) groups excluding carboxylic acids is 2. The molecule has 0 aromatic heterocycles. The van der Waals surface area contributed by atoms with Gasteiger partial charge >= 0.3 is 6.03 Å². The Bertz CT molecular complexity index is 575. The SMILES string of the molecule is COc1ccc([C@H]2NC(=O)N(C)C(C)=C2C(C)=O)cc1. The van der Waals surface area contributed by atoms with E-state index < -0.39 is 6.04 Å². The van der Waals surface area contributed by atoms with Crippen LogP contribution in [0.1, 0.15) is 25.5 Å². The minimum absolute atomic E-state index is 0.0461. The zero-order valence-corrected chi connectivity index (χ0v) is 12.1. The Kier molecular flexibility index (Phi) is 3.79. The summed E-state index contributed by atoms with van der Waals surface area (Å²) in [5, 5.41) is 2.85. The summed E-state index contributed by atoms with van der Waals surface area (Å²) < 4.78 is 5.12. The van der Waals surface area contributed by atoms with Crippen molar-refractivity contribution < 1.29 is 14.3 Å². The molecule has 20 heavy (non-hydrogen) atoms. The normalized spacial score (nSPS) is 18.9. The van der Waals surface area contributed by atoms with Crippen LogP contribution in [0.4, 0.5) is 4.79 Å². The number of methoxy groups -OCH3 is 1. The molecule has 0 spiro atoms. The van der Waals surface area contributed by atoms with Gasteiger partial charge in [-0.2, -0.15) is 0 Å². The summed E-state index contributed by atoms with van der Waals surface area (Å²) in [5.41, 5.74) is 2.15. The Morgan fingerprint density at radius 2 is 1.90 bits per heavy atom. The molecule has 1 atom stereocenters. The fraction of sp³-hybridized carbons (Fsp3) is 0.333. The zero-order chi connectivity index (χ0) is 14.9. The molecule has 0 bridgehead atoms. The van der Waals surface area contributed by atoms with Gasteiger partial charge in [-0.3, -0.25) is 4.79 Å². The Labute approximate surface area is 118 Å². The van der Waals surface area contributed by atoms with Gasteiger partial charge in [0.05, 0.1) is 13.2 Å². The molecule has 1 aliphatic heterocycles. The van der Waals surface area contributed by atoms with Crippen LogP contribution in [-0.4, -0.2) is 30.9 Å². The molecule has 5 heteroatoms. The number of ether oxygens (including phenoxy) is 1. The lowest BCUT2D eigenvalue weighted by molar-refractivity contribution is -0.114. The highest BCUT2D eigenvalue weighted by molar-refractivity contribution is 5.98. The zero-order valence-electron chi connectivity index (χ0n) is 12.1. The van der Waals surface area contributed by atoms with E-state index in [1.807, 2.05) is 24.3 Å². The molecule has 1 N–H and O–H groups in total. The second-order valence-corrected chi connectivity index (χ2v) is 4.77. The van der Waals surface area contributed by atoms with Crippen molar-refractivity contribution >= 4 is 11.8 Å². The van der Waals surface area contributed by atoms with Crippen LogP contribution in [0.3, 0.4) is 0 Å². The molecule has 0 unspecified atom stereocenters. The lowest BCUT2D eigenvalue weighted by Gasteiger charge is -2.33. The minimum Gasteiger partial charge on any atom is -0.497 e. The van der Waals surface area contributed by atoms with Crippen molar-refractivity contribution in [3.8, 4) is 5.75 Å². The second kappa shape index (κ2) is 5.36. The summed E-state index contributed by atoms with van der Waals surface area (Å²) in [6.45, 7) is 3.30. The molecule has 0 saturated carbocycles. The fourth-order valence-electron chi connectivity index (χ4n) is 2.34. The first-order valence-electron chi connectivity index (χ1n) is 6.35. The van der Waals surface area contributed by atoms with E-state index in [2.05, 4.69) is 5.32 Å². The number of hydrogen-bond donors (Lipinski definition) is 1. The number of ketones is 1. The predicted octanol–water partition coefficient (Wildman–Crippen LogP) is 2.25. The standard InChI is InChI=1S/C15H18N2O3/c1-9-13(10(2)18)14(16-15(19)17(9)3)11-5-7-12(20-4)8-6-11/h5-8,14H,1-4H3,(H,16,19)/t14-/m1/s1. The average molecular weight is 274 g/mol. The Hall–Kier alpha value is -2.30. The molecule has 106 valence electrons. The highest BCUT2D eigenvalue weighted by atomic mass is 16.5. The Morgan fingerprint density at radius 3 is 2.40 bits per heavy atom. The van der Waals surface area contributed by atoms with Gasteiger partial charge in [0.1, 0.15) is 5.75 Å². The van der Waals surface area contributed by atoms with Crippen molar-refractivity contribution in [3.05, 3.63) is 41.1 Å². The van der Waals surface area contributed by atoms with Crippen LogP contribution in [0.15, 0.2) is 35.5 Å². The van der Waals surface area contributed by atoms with E-state index >= 15 is 0 Å². The topological polar surface area (TPSA) is 58.6 Å². The number of nitrogens with one attached hydrogen (secondary N) is 1. The van der Waals surface area contributed by atoms with Gasteiger partial charge in [-0.1, -0.05) is 12.1 Å². The average Bonchev–Trinajstić information content (AvgIpc) is 2.44.